The van der Waals surface area contributed by atoms with Crippen molar-refractivity contribution < 1.29 is 22.8 Å². The van der Waals surface area contributed by atoms with Crippen molar-refractivity contribution in [2.45, 2.75) is 29.9 Å². The molecular weight excluding hydrogens is 429 g/mol. The van der Waals surface area contributed by atoms with Gasteiger partial charge in [0, 0.05) is 12.0 Å². The van der Waals surface area contributed by atoms with E-state index in [1.807, 2.05) is 19.1 Å². The molecular formula is C21H15F3N4O2S. The van der Waals surface area contributed by atoms with Crippen molar-refractivity contribution in [3.8, 4) is 11.3 Å². The predicted octanol–water partition coefficient (Wildman–Crippen LogP) is 4.29. The molecule has 0 spiro atoms. The highest BCUT2D eigenvalue weighted by Crippen LogP contribution is 2.34. The van der Waals surface area contributed by atoms with Gasteiger partial charge in [-0.2, -0.15) is 18.3 Å². The average Bonchev–Trinajstić information content (AvgIpc) is 3.01. The Hall–Kier alpha value is -3.27. The number of amides is 2. The second-order valence-electron chi connectivity index (χ2n) is 6.91. The first-order valence-electron chi connectivity index (χ1n) is 9.20. The lowest BCUT2D eigenvalue weighted by atomic mass is 10.1. The van der Waals surface area contributed by atoms with Crippen molar-refractivity contribution in [2.75, 3.05) is 4.90 Å². The number of halogens is 3. The number of hydrogen-bond donors (Lipinski definition) is 0. The maximum atomic E-state index is 12.8. The molecule has 1 atom stereocenters. The molecule has 0 saturated carbocycles. The van der Waals surface area contributed by atoms with Crippen LogP contribution in [0.2, 0.25) is 0 Å². The van der Waals surface area contributed by atoms with E-state index in [-0.39, 0.29) is 23.4 Å². The summed E-state index contributed by atoms with van der Waals surface area (Å²) in [4.78, 5) is 30.6. The fourth-order valence-electron chi connectivity index (χ4n) is 3.09. The summed E-state index contributed by atoms with van der Waals surface area (Å²) in [5.74, 6) is -0.694. The van der Waals surface area contributed by atoms with Gasteiger partial charge in [0.15, 0.2) is 0 Å². The maximum absolute atomic E-state index is 12.8. The number of benzene rings is 2. The van der Waals surface area contributed by atoms with Gasteiger partial charge in [0.25, 0.3) is 0 Å². The zero-order valence-electron chi connectivity index (χ0n) is 16.1. The Kier molecular flexibility index (Phi) is 5.48. The normalized spacial score (nSPS) is 16.8. The molecule has 10 heteroatoms. The number of thioether (sulfide) groups is 1. The molecule has 158 valence electrons. The minimum absolute atomic E-state index is 0.00869. The Bertz CT molecular complexity index is 1130. The minimum Gasteiger partial charge on any atom is -0.274 e. The van der Waals surface area contributed by atoms with E-state index in [4.69, 9.17) is 0 Å². The van der Waals surface area contributed by atoms with Gasteiger partial charge in [0.2, 0.25) is 17.0 Å². The van der Waals surface area contributed by atoms with Crippen molar-refractivity contribution in [1.29, 1.82) is 0 Å². The molecule has 0 radical (unpaired) electrons. The molecule has 1 aromatic heterocycles. The highest BCUT2D eigenvalue weighted by atomic mass is 32.2. The number of anilines is 1. The molecule has 2 heterocycles. The third kappa shape index (κ3) is 4.43. The van der Waals surface area contributed by atoms with Crippen molar-refractivity contribution >= 4 is 29.3 Å². The second kappa shape index (κ2) is 8.10. The van der Waals surface area contributed by atoms with Gasteiger partial charge in [-0.15, -0.1) is 5.10 Å². The van der Waals surface area contributed by atoms with Crippen molar-refractivity contribution in [2.24, 2.45) is 0 Å². The number of aromatic nitrogens is 3. The van der Waals surface area contributed by atoms with Crippen LogP contribution in [0.25, 0.3) is 11.3 Å². The van der Waals surface area contributed by atoms with Crippen LogP contribution >= 0.6 is 11.8 Å². The number of hydrogen-bond acceptors (Lipinski definition) is 6. The largest absolute Gasteiger partial charge is 0.416 e. The van der Waals surface area contributed by atoms with Crippen LogP contribution in [0.4, 0.5) is 18.9 Å². The summed E-state index contributed by atoms with van der Waals surface area (Å²) in [7, 11) is 0. The van der Waals surface area contributed by atoms with E-state index in [0.29, 0.717) is 16.9 Å². The molecule has 6 nitrogen and oxygen atoms in total. The van der Waals surface area contributed by atoms with Crippen LogP contribution in [0.1, 0.15) is 17.5 Å². The summed E-state index contributed by atoms with van der Waals surface area (Å²) in [6.07, 6.45) is -3.11. The lowest BCUT2D eigenvalue weighted by Crippen LogP contribution is -2.31. The molecule has 1 saturated heterocycles. The standard InChI is InChI=1S/C21H15F3N4O2S/c1-12-2-8-15(9-3-12)28-18(29)10-17(19(28)30)31-20-26-16(11-25-27-20)13-4-6-14(7-5-13)21(22,23)24/h2-9,11,17H,10H2,1H3. The number of alkyl halides is 3. The summed E-state index contributed by atoms with van der Waals surface area (Å²) < 4.78 is 38.3. The van der Waals surface area contributed by atoms with Crippen LogP contribution in [-0.4, -0.2) is 32.2 Å². The number of nitrogens with zero attached hydrogens (tertiary/aromatic N) is 4. The SMILES string of the molecule is Cc1ccc(N2C(=O)CC(Sc3nncc(-c4ccc(C(F)(F)F)cc4)n3)C2=O)cc1. The topological polar surface area (TPSA) is 76.1 Å². The van der Waals surface area contributed by atoms with Gasteiger partial charge in [-0.05, 0) is 31.2 Å². The molecule has 3 aromatic rings. The van der Waals surface area contributed by atoms with E-state index in [1.165, 1.54) is 18.3 Å². The molecule has 1 aliphatic heterocycles. The first kappa shape index (κ1) is 21.0. The van der Waals surface area contributed by atoms with Crippen LogP contribution in [0, 0.1) is 6.92 Å². The van der Waals surface area contributed by atoms with Gasteiger partial charge in [0.1, 0.15) is 5.25 Å². The summed E-state index contributed by atoms with van der Waals surface area (Å²) in [5, 5.41) is 7.19. The molecule has 1 unspecified atom stereocenters. The summed E-state index contributed by atoms with van der Waals surface area (Å²) in [6.45, 7) is 1.91. The van der Waals surface area contributed by atoms with Crippen LogP contribution in [-0.2, 0) is 15.8 Å². The Labute approximate surface area is 179 Å². The highest BCUT2D eigenvalue weighted by Gasteiger charge is 2.40. The summed E-state index contributed by atoms with van der Waals surface area (Å²) in [5.41, 5.74) is 1.49. The van der Waals surface area contributed by atoms with Gasteiger partial charge in [-0.1, -0.05) is 41.6 Å². The van der Waals surface area contributed by atoms with Gasteiger partial charge >= 0.3 is 6.18 Å². The highest BCUT2D eigenvalue weighted by molar-refractivity contribution is 8.00. The van der Waals surface area contributed by atoms with Crippen molar-refractivity contribution in [3.63, 3.8) is 0 Å². The quantitative estimate of drug-likeness (QED) is 0.559. The molecule has 0 bridgehead atoms. The molecule has 4 rings (SSSR count). The van der Waals surface area contributed by atoms with E-state index in [0.717, 1.165) is 34.4 Å². The smallest absolute Gasteiger partial charge is 0.274 e. The summed E-state index contributed by atoms with van der Waals surface area (Å²) in [6, 6.07) is 11.6. The van der Waals surface area contributed by atoms with Crippen molar-refractivity contribution in [3.05, 3.63) is 65.9 Å². The van der Waals surface area contributed by atoms with Crippen LogP contribution in [0.3, 0.4) is 0 Å². The average molecular weight is 444 g/mol. The molecule has 2 amide bonds. The Morgan fingerprint density at radius 2 is 1.71 bits per heavy atom. The molecule has 0 aliphatic carbocycles. The first-order chi connectivity index (χ1) is 14.7. The van der Waals surface area contributed by atoms with Gasteiger partial charge < -0.3 is 0 Å². The number of aryl methyl sites for hydroxylation is 1. The van der Waals surface area contributed by atoms with E-state index < -0.39 is 17.0 Å². The molecule has 1 aliphatic rings. The van der Waals surface area contributed by atoms with Crippen molar-refractivity contribution in [1.82, 2.24) is 15.2 Å². The summed E-state index contributed by atoms with van der Waals surface area (Å²) >= 11 is 1.00. The van der Waals surface area contributed by atoms with Crippen LogP contribution < -0.4 is 4.90 Å². The molecule has 1 fully saturated rings. The fraction of sp³-hybridized carbons (Fsp3) is 0.190. The Morgan fingerprint density at radius 3 is 2.35 bits per heavy atom. The first-order valence-corrected chi connectivity index (χ1v) is 10.1. The number of carbonyl (C=O) groups excluding carboxylic acids is 2. The number of imide groups is 1. The van der Waals surface area contributed by atoms with Gasteiger partial charge in [-0.25, -0.2) is 9.88 Å². The monoisotopic (exact) mass is 444 g/mol. The predicted molar refractivity (Wildman–Crippen MR) is 108 cm³/mol. The lowest BCUT2D eigenvalue weighted by molar-refractivity contribution is -0.137. The molecule has 0 N–H and O–H groups in total. The Morgan fingerprint density at radius 1 is 1.03 bits per heavy atom. The van der Waals surface area contributed by atoms with E-state index in [2.05, 4.69) is 15.2 Å². The van der Waals surface area contributed by atoms with E-state index in [1.54, 1.807) is 12.1 Å². The van der Waals surface area contributed by atoms with Gasteiger partial charge in [0.05, 0.1) is 23.1 Å². The number of rotatable bonds is 4. The lowest BCUT2D eigenvalue weighted by Gasteiger charge is -2.14. The second-order valence-corrected chi connectivity index (χ2v) is 8.08. The Balaban J connectivity index is 1.52. The van der Waals surface area contributed by atoms with E-state index in [9.17, 15) is 22.8 Å². The molecule has 2 aromatic carbocycles. The zero-order chi connectivity index (χ0) is 22.2. The fourth-order valence-corrected chi connectivity index (χ4v) is 4.03. The minimum atomic E-state index is -4.43. The zero-order valence-corrected chi connectivity index (χ0v) is 16.9. The maximum Gasteiger partial charge on any atom is 0.416 e. The molecule has 31 heavy (non-hydrogen) atoms. The number of carbonyl (C=O) groups is 2. The van der Waals surface area contributed by atoms with Crippen LogP contribution in [0.15, 0.2) is 59.9 Å². The van der Waals surface area contributed by atoms with Crippen LogP contribution in [0.5, 0.6) is 0 Å². The van der Waals surface area contributed by atoms with Gasteiger partial charge in [-0.3, -0.25) is 9.59 Å². The van der Waals surface area contributed by atoms with E-state index >= 15 is 0 Å². The third-order valence-electron chi connectivity index (χ3n) is 4.69. The third-order valence-corrected chi connectivity index (χ3v) is 5.73.